The highest BCUT2D eigenvalue weighted by molar-refractivity contribution is 5.28. The third-order valence-electron chi connectivity index (χ3n) is 0.718. The van der Waals surface area contributed by atoms with Crippen molar-refractivity contribution in [2.75, 3.05) is 0 Å². The molecule has 0 saturated carbocycles. The number of hydrogen-bond acceptors (Lipinski definition) is 0. The van der Waals surface area contributed by atoms with Crippen molar-refractivity contribution in [2.45, 2.75) is 0 Å². The largest absolute Gasteiger partial charge is 0.243 e. The normalized spacial score (nSPS) is 16.8. The van der Waals surface area contributed by atoms with E-state index in [-0.39, 0.29) is 0 Å². The minimum absolute atomic E-state index is 0.593. The maximum Gasteiger partial charge on any atom is 0.243 e. The minimum Gasteiger partial charge on any atom is -0.126 e. The molecule has 0 N–H and O–H groups in total. The van der Waals surface area contributed by atoms with Crippen molar-refractivity contribution in [1.29, 1.82) is 0 Å². The fraction of sp³-hybridized carbons (Fsp3) is 0. The van der Waals surface area contributed by atoms with Crippen molar-refractivity contribution in [2.24, 2.45) is 0 Å². The monoisotopic (exact) mass is 113 g/mol. The van der Waals surface area contributed by atoms with Gasteiger partial charge < -0.3 is 0 Å². The third kappa shape index (κ3) is 0.983. The standard InChI is InChI=1S/C6H3F2/c7-5-2-1-3-6(8)4-5/h2-4H/q+1. The first-order chi connectivity index (χ1) is 3.79. The van der Waals surface area contributed by atoms with Crippen LogP contribution in [0, 0.1) is 6.08 Å². The summed E-state index contributed by atoms with van der Waals surface area (Å²) in [6, 6.07) is 0. The Kier molecular flexibility index (Phi) is 1.18. The second-order valence-electron chi connectivity index (χ2n) is 1.37. The van der Waals surface area contributed by atoms with Crippen LogP contribution < -0.4 is 0 Å². The van der Waals surface area contributed by atoms with Gasteiger partial charge in [-0.15, -0.1) is 8.78 Å². The van der Waals surface area contributed by atoms with Gasteiger partial charge in [-0.25, -0.2) is 0 Å². The quantitative estimate of drug-likeness (QED) is 0.422. The average Bonchev–Trinajstić information content (AvgIpc) is 1.64. The second kappa shape index (κ2) is 1.85. The fourth-order valence-electron chi connectivity index (χ4n) is 0.416. The van der Waals surface area contributed by atoms with Crippen LogP contribution in [0.5, 0.6) is 0 Å². The number of rotatable bonds is 0. The zero-order chi connectivity index (χ0) is 5.98. The minimum atomic E-state index is -0.593. The van der Waals surface area contributed by atoms with Gasteiger partial charge in [-0.05, 0) is 0 Å². The summed E-state index contributed by atoms with van der Waals surface area (Å²) in [4.78, 5) is 0. The molecule has 0 unspecified atom stereocenters. The molecule has 0 bridgehead atoms. The van der Waals surface area contributed by atoms with Gasteiger partial charge in [-0.1, -0.05) is 0 Å². The Balaban J connectivity index is 2.89. The number of halogens is 2. The van der Waals surface area contributed by atoms with Crippen LogP contribution in [-0.4, -0.2) is 0 Å². The molecule has 0 saturated heterocycles. The molecule has 0 aromatic heterocycles. The van der Waals surface area contributed by atoms with Crippen molar-refractivity contribution in [3.8, 4) is 0 Å². The summed E-state index contributed by atoms with van der Waals surface area (Å²) in [5, 5.41) is 0. The van der Waals surface area contributed by atoms with Crippen molar-refractivity contribution in [1.82, 2.24) is 0 Å². The summed E-state index contributed by atoms with van der Waals surface area (Å²) in [6.07, 6.45) is 5.23. The smallest absolute Gasteiger partial charge is 0.126 e. The van der Waals surface area contributed by atoms with E-state index in [1.54, 1.807) is 0 Å². The molecule has 1 rings (SSSR count). The molecule has 0 heterocycles. The van der Waals surface area contributed by atoms with Crippen LogP contribution >= 0.6 is 0 Å². The highest BCUT2D eigenvalue weighted by Gasteiger charge is 2.07. The lowest BCUT2D eigenvalue weighted by Gasteiger charge is -1.78. The Morgan fingerprint density at radius 3 is 2.38 bits per heavy atom. The summed E-state index contributed by atoms with van der Waals surface area (Å²) in [5.41, 5.74) is 0. The van der Waals surface area contributed by atoms with E-state index in [1.165, 1.54) is 0 Å². The second-order valence-corrected chi connectivity index (χ2v) is 1.37. The van der Waals surface area contributed by atoms with Crippen LogP contribution in [0.3, 0.4) is 0 Å². The Labute approximate surface area is 45.8 Å². The van der Waals surface area contributed by atoms with Gasteiger partial charge in [0, 0.05) is 6.08 Å². The molecular formula is C6H3F2+. The summed E-state index contributed by atoms with van der Waals surface area (Å²) in [7, 11) is 0. The predicted molar refractivity (Wildman–Crippen MR) is 26.2 cm³/mol. The van der Waals surface area contributed by atoms with Gasteiger partial charge >= 0.3 is 0 Å². The van der Waals surface area contributed by atoms with Gasteiger partial charge in [0.2, 0.25) is 11.7 Å². The molecule has 8 heavy (non-hydrogen) atoms. The van der Waals surface area contributed by atoms with Crippen molar-refractivity contribution >= 4 is 0 Å². The molecule has 0 nitrogen and oxygen atoms in total. The molecule has 1 aliphatic carbocycles. The number of allylic oxidation sites excluding steroid dienone is 6. The van der Waals surface area contributed by atoms with E-state index in [9.17, 15) is 8.78 Å². The first kappa shape index (κ1) is 5.13. The molecule has 0 aromatic rings. The Hall–Kier alpha value is -1.01. The van der Waals surface area contributed by atoms with Crippen LogP contribution in [0.1, 0.15) is 0 Å². The summed E-state index contributed by atoms with van der Waals surface area (Å²) < 4.78 is 23.8. The zero-order valence-corrected chi connectivity index (χ0v) is 3.99. The molecule has 0 radical (unpaired) electrons. The molecule has 2 heteroatoms. The highest BCUT2D eigenvalue weighted by atomic mass is 19.1. The van der Waals surface area contributed by atoms with Crippen LogP contribution in [0.15, 0.2) is 29.9 Å². The van der Waals surface area contributed by atoms with Gasteiger partial charge in [-0.2, -0.15) is 0 Å². The van der Waals surface area contributed by atoms with Crippen molar-refractivity contribution < 1.29 is 8.78 Å². The molecule has 1 aliphatic rings. The van der Waals surface area contributed by atoms with Crippen molar-refractivity contribution in [3.05, 3.63) is 36.0 Å². The summed E-state index contributed by atoms with van der Waals surface area (Å²) in [5.74, 6) is -1.19. The average molecular weight is 113 g/mol. The lowest BCUT2D eigenvalue weighted by Crippen LogP contribution is -1.74. The Bertz CT molecular complexity index is 172. The Morgan fingerprint density at radius 2 is 2.00 bits per heavy atom. The van der Waals surface area contributed by atoms with Gasteiger partial charge in [0.1, 0.15) is 18.2 Å². The van der Waals surface area contributed by atoms with E-state index in [1.807, 2.05) is 0 Å². The summed E-state index contributed by atoms with van der Waals surface area (Å²) >= 11 is 0. The van der Waals surface area contributed by atoms with Gasteiger partial charge in [0.25, 0.3) is 0 Å². The zero-order valence-electron chi connectivity index (χ0n) is 3.99. The van der Waals surface area contributed by atoms with E-state index in [0.29, 0.717) is 0 Å². The molecule has 0 fully saturated rings. The Morgan fingerprint density at radius 1 is 1.25 bits per heavy atom. The van der Waals surface area contributed by atoms with E-state index in [2.05, 4.69) is 6.08 Å². The van der Waals surface area contributed by atoms with Gasteiger partial charge in [-0.3, -0.25) is 0 Å². The fourth-order valence-corrected chi connectivity index (χ4v) is 0.416. The topological polar surface area (TPSA) is 0 Å². The third-order valence-corrected chi connectivity index (χ3v) is 0.718. The van der Waals surface area contributed by atoms with Gasteiger partial charge in [0.15, 0.2) is 0 Å². The van der Waals surface area contributed by atoms with Crippen LogP contribution in [0.4, 0.5) is 8.78 Å². The first-order valence-corrected chi connectivity index (χ1v) is 2.11. The summed E-state index contributed by atoms with van der Waals surface area (Å²) in [6.45, 7) is 0. The molecule has 0 atom stereocenters. The lowest BCUT2D eigenvalue weighted by molar-refractivity contribution is 0.625. The first-order valence-electron chi connectivity index (χ1n) is 2.11. The predicted octanol–water partition coefficient (Wildman–Crippen LogP) is 2.07. The van der Waals surface area contributed by atoms with Gasteiger partial charge in [0.05, 0.1) is 0 Å². The number of hydrogen-bond donors (Lipinski definition) is 0. The molecule has 40 valence electrons. The highest BCUT2D eigenvalue weighted by Crippen LogP contribution is 2.10. The van der Waals surface area contributed by atoms with Crippen LogP contribution in [-0.2, 0) is 0 Å². The molecule has 0 amide bonds. The maximum atomic E-state index is 11.9. The SMILES string of the molecule is FC1=C[C+]=CC(F)=C1. The molecular weight excluding hydrogens is 110 g/mol. The van der Waals surface area contributed by atoms with E-state index >= 15 is 0 Å². The van der Waals surface area contributed by atoms with E-state index < -0.39 is 11.7 Å². The van der Waals surface area contributed by atoms with Crippen molar-refractivity contribution in [3.63, 3.8) is 0 Å². The lowest BCUT2D eigenvalue weighted by atomic mass is 10.3. The maximum absolute atomic E-state index is 11.9. The molecule has 0 spiro atoms. The van der Waals surface area contributed by atoms with E-state index in [4.69, 9.17) is 0 Å². The van der Waals surface area contributed by atoms with Crippen LogP contribution in [0.25, 0.3) is 0 Å². The molecule has 0 aromatic carbocycles. The van der Waals surface area contributed by atoms with E-state index in [0.717, 1.165) is 18.2 Å². The molecule has 0 aliphatic heterocycles. The van der Waals surface area contributed by atoms with Crippen LogP contribution in [0.2, 0.25) is 0 Å².